The van der Waals surface area contributed by atoms with Crippen LogP contribution in [0, 0.1) is 0 Å². The molecular weight excluding hydrogens is 322 g/mol. The highest BCUT2D eigenvalue weighted by molar-refractivity contribution is 5.77. The van der Waals surface area contributed by atoms with Crippen molar-refractivity contribution >= 4 is 5.91 Å². The minimum Gasteiger partial charge on any atom is -0.467 e. The summed E-state index contributed by atoms with van der Waals surface area (Å²) in [5.41, 5.74) is 0. The molecule has 8 heteroatoms. The first-order chi connectivity index (χ1) is 12.2. The number of hydrogen-bond acceptors (Lipinski definition) is 6. The Balaban J connectivity index is 1.52. The van der Waals surface area contributed by atoms with Gasteiger partial charge in [0.05, 0.1) is 26.0 Å². The first kappa shape index (κ1) is 17.6. The van der Waals surface area contributed by atoms with E-state index in [9.17, 15) is 4.79 Å². The van der Waals surface area contributed by atoms with E-state index in [-0.39, 0.29) is 12.0 Å². The summed E-state index contributed by atoms with van der Waals surface area (Å²) in [5.74, 6) is 2.38. The Morgan fingerprint density at radius 1 is 1.52 bits per heavy atom. The summed E-state index contributed by atoms with van der Waals surface area (Å²) in [5, 5.41) is 7.22. The number of aromatic amines is 1. The van der Waals surface area contributed by atoms with Crippen LogP contribution >= 0.6 is 0 Å². The topological polar surface area (TPSA) is 87.5 Å². The highest BCUT2D eigenvalue weighted by atomic mass is 16.5. The van der Waals surface area contributed by atoms with E-state index in [0.717, 1.165) is 31.0 Å². The van der Waals surface area contributed by atoms with Gasteiger partial charge in [-0.15, -0.1) is 0 Å². The molecule has 1 atom stereocenters. The first-order valence-electron chi connectivity index (χ1n) is 8.67. The van der Waals surface area contributed by atoms with Gasteiger partial charge in [0.1, 0.15) is 17.7 Å². The summed E-state index contributed by atoms with van der Waals surface area (Å²) in [7, 11) is 1.79. The minimum atomic E-state index is -0.196. The van der Waals surface area contributed by atoms with Crippen LogP contribution in [0.1, 0.15) is 36.9 Å². The molecule has 0 aliphatic carbocycles. The van der Waals surface area contributed by atoms with Crippen LogP contribution in [-0.2, 0) is 22.5 Å². The Morgan fingerprint density at radius 3 is 3.16 bits per heavy atom. The number of aryl methyl sites for hydroxylation is 1. The molecule has 0 radical (unpaired) electrons. The molecule has 0 saturated carbocycles. The van der Waals surface area contributed by atoms with E-state index in [4.69, 9.17) is 9.15 Å². The number of nitrogens with one attached hydrogen (secondary N) is 1. The largest absolute Gasteiger partial charge is 0.467 e. The Hall–Kier alpha value is -2.19. The monoisotopic (exact) mass is 347 g/mol. The highest BCUT2D eigenvalue weighted by Crippen LogP contribution is 2.19. The fourth-order valence-electron chi connectivity index (χ4n) is 2.84. The van der Waals surface area contributed by atoms with Crippen molar-refractivity contribution in [3.05, 3.63) is 35.8 Å². The second kappa shape index (κ2) is 8.26. The number of amides is 1. The van der Waals surface area contributed by atoms with E-state index in [2.05, 4.69) is 27.0 Å². The van der Waals surface area contributed by atoms with Crippen LogP contribution in [0.5, 0.6) is 0 Å². The smallest absolute Gasteiger partial charge is 0.236 e. The van der Waals surface area contributed by atoms with Crippen molar-refractivity contribution in [2.45, 2.75) is 32.4 Å². The van der Waals surface area contributed by atoms with Crippen molar-refractivity contribution in [2.24, 2.45) is 0 Å². The summed E-state index contributed by atoms with van der Waals surface area (Å²) in [6.45, 7) is 4.83. The predicted octanol–water partition coefficient (Wildman–Crippen LogP) is 1.38. The second-order valence-corrected chi connectivity index (χ2v) is 6.31. The van der Waals surface area contributed by atoms with Gasteiger partial charge in [0, 0.05) is 26.6 Å². The van der Waals surface area contributed by atoms with E-state index in [1.807, 2.05) is 12.1 Å². The van der Waals surface area contributed by atoms with E-state index in [1.165, 1.54) is 0 Å². The standard InChI is InChI=1S/C17H25N5O3/c1-3-5-15-18-17(20-19-15)14-11-22(7-9-25-14)12-16(23)21(2)10-13-6-4-8-24-13/h4,6,8,14H,3,5,7,9-12H2,1-2H3,(H,18,19,20)/t14-/m1/s1. The average molecular weight is 347 g/mol. The van der Waals surface area contributed by atoms with Gasteiger partial charge in [0.2, 0.25) is 5.91 Å². The zero-order chi connectivity index (χ0) is 17.6. The third-order valence-corrected chi connectivity index (χ3v) is 4.23. The zero-order valence-electron chi connectivity index (χ0n) is 14.8. The highest BCUT2D eigenvalue weighted by Gasteiger charge is 2.27. The third kappa shape index (κ3) is 4.67. The quantitative estimate of drug-likeness (QED) is 0.814. The molecule has 0 bridgehead atoms. The maximum Gasteiger partial charge on any atom is 0.236 e. The molecule has 1 aliphatic rings. The lowest BCUT2D eigenvalue weighted by atomic mass is 10.2. The first-order valence-corrected chi connectivity index (χ1v) is 8.67. The van der Waals surface area contributed by atoms with Gasteiger partial charge in [-0.1, -0.05) is 6.92 Å². The molecule has 8 nitrogen and oxygen atoms in total. The normalized spacial score (nSPS) is 18.4. The number of H-pyrrole nitrogens is 1. The lowest BCUT2D eigenvalue weighted by Gasteiger charge is -2.32. The fourth-order valence-corrected chi connectivity index (χ4v) is 2.84. The van der Waals surface area contributed by atoms with Gasteiger partial charge in [-0.05, 0) is 18.6 Å². The lowest BCUT2D eigenvalue weighted by molar-refractivity contribution is -0.134. The van der Waals surface area contributed by atoms with Crippen molar-refractivity contribution in [1.29, 1.82) is 0 Å². The summed E-state index contributed by atoms with van der Waals surface area (Å²) >= 11 is 0. The van der Waals surface area contributed by atoms with Crippen LogP contribution in [-0.4, -0.2) is 64.2 Å². The maximum absolute atomic E-state index is 12.4. The number of morpholine rings is 1. The van der Waals surface area contributed by atoms with Crippen molar-refractivity contribution < 1.29 is 13.9 Å². The van der Waals surface area contributed by atoms with Crippen LogP contribution in [0.3, 0.4) is 0 Å². The molecule has 1 N–H and O–H groups in total. The molecule has 0 spiro atoms. The number of aromatic nitrogens is 3. The molecule has 1 amide bonds. The molecule has 1 aliphatic heterocycles. The Labute approximate surface area is 147 Å². The van der Waals surface area contributed by atoms with Crippen LogP contribution in [0.25, 0.3) is 0 Å². The molecule has 2 aromatic heterocycles. The number of carbonyl (C=O) groups excluding carboxylic acids is 1. The van der Waals surface area contributed by atoms with Crippen molar-refractivity contribution in [1.82, 2.24) is 25.0 Å². The van der Waals surface area contributed by atoms with Crippen LogP contribution < -0.4 is 0 Å². The van der Waals surface area contributed by atoms with Crippen LogP contribution in [0.15, 0.2) is 22.8 Å². The molecule has 136 valence electrons. The Kier molecular flexibility index (Phi) is 5.83. The van der Waals surface area contributed by atoms with Gasteiger partial charge in [0.25, 0.3) is 0 Å². The summed E-state index contributed by atoms with van der Waals surface area (Å²) in [6.07, 6.45) is 3.31. The van der Waals surface area contributed by atoms with Crippen molar-refractivity contribution in [3.8, 4) is 0 Å². The minimum absolute atomic E-state index is 0.0544. The Bertz CT molecular complexity index is 670. The van der Waals surface area contributed by atoms with E-state index in [0.29, 0.717) is 32.1 Å². The zero-order valence-corrected chi connectivity index (χ0v) is 14.8. The molecule has 0 unspecified atom stereocenters. The van der Waals surface area contributed by atoms with Crippen molar-refractivity contribution in [2.75, 3.05) is 33.3 Å². The molecule has 3 rings (SSSR count). The third-order valence-electron chi connectivity index (χ3n) is 4.23. The second-order valence-electron chi connectivity index (χ2n) is 6.31. The van der Waals surface area contributed by atoms with Crippen LogP contribution in [0.4, 0.5) is 0 Å². The summed E-state index contributed by atoms with van der Waals surface area (Å²) in [6, 6.07) is 3.69. The van der Waals surface area contributed by atoms with Gasteiger partial charge in [-0.2, -0.15) is 5.10 Å². The molecule has 0 aromatic carbocycles. The number of ether oxygens (including phenoxy) is 1. The fraction of sp³-hybridized carbons (Fsp3) is 0.588. The number of rotatable bonds is 7. The summed E-state index contributed by atoms with van der Waals surface area (Å²) < 4.78 is 11.1. The average Bonchev–Trinajstić information content (AvgIpc) is 3.27. The van der Waals surface area contributed by atoms with E-state index >= 15 is 0 Å². The SMILES string of the molecule is CCCc1nc([C@H]2CN(CC(=O)N(C)Cc3ccco3)CCO2)n[nH]1. The van der Waals surface area contributed by atoms with Gasteiger partial charge < -0.3 is 14.1 Å². The van der Waals surface area contributed by atoms with Gasteiger partial charge >= 0.3 is 0 Å². The maximum atomic E-state index is 12.4. The number of carbonyl (C=O) groups is 1. The van der Waals surface area contributed by atoms with E-state index < -0.39 is 0 Å². The van der Waals surface area contributed by atoms with Crippen LogP contribution in [0.2, 0.25) is 0 Å². The molecular formula is C17H25N5O3. The molecule has 1 saturated heterocycles. The van der Waals surface area contributed by atoms with Gasteiger partial charge in [-0.3, -0.25) is 14.8 Å². The number of likely N-dealkylation sites (N-methyl/N-ethyl adjacent to an activating group) is 1. The lowest BCUT2D eigenvalue weighted by Crippen LogP contribution is -2.44. The summed E-state index contributed by atoms with van der Waals surface area (Å²) in [4.78, 5) is 20.7. The number of nitrogens with zero attached hydrogens (tertiary/aromatic N) is 4. The van der Waals surface area contributed by atoms with Gasteiger partial charge in [0.15, 0.2) is 5.82 Å². The molecule has 2 aromatic rings. The molecule has 3 heterocycles. The number of furan rings is 1. The Morgan fingerprint density at radius 2 is 2.40 bits per heavy atom. The predicted molar refractivity (Wildman–Crippen MR) is 90.7 cm³/mol. The van der Waals surface area contributed by atoms with Gasteiger partial charge in [-0.25, -0.2) is 4.98 Å². The molecule has 25 heavy (non-hydrogen) atoms. The van der Waals surface area contributed by atoms with Crippen molar-refractivity contribution in [3.63, 3.8) is 0 Å². The van der Waals surface area contributed by atoms with E-state index in [1.54, 1.807) is 18.2 Å². The molecule has 1 fully saturated rings. The number of hydrogen-bond donors (Lipinski definition) is 1.